The molecule has 2 rings (SSSR count). The molecule has 0 atom stereocenters. The molecule has 0 aliphatic heterocycles. The summed E-state index contributed by atoms with van der Waals surface area (Å²) < 4.78 is 5.57. The fourth-order valence-corrected chi connectivity index (χ4v) is 1.83. The average Bonchev–Trinajstić information content (AvgIpc) is 2.34. The molecule has 0 aromatic heterocycles. The monoisotopic (exact) mass is 278 g/mol. The molecular weight excluding hydrogens is 271 g/mol. The first-order valence-electron chi connectivity index (χ1n) is 5.02. The highest BCUT2D eigenvalue weighted by molar-refractivity contribution is 6.35. The number of anilines is 1. The van der Waals surface area contributed by atoms with E-state index in [1.54, 1.807) is 36.4 Å². The first-order valence-corrected chi connectivity index (χ1v) is 5.78. The number of hydrogen-bond donors (Lipinski definition) is 1. The minimum atomic E-state index is 0.375. The molecule has 3 nitrogen and oxygen atoms in total. The average molecular weight is 279 g/mol. The van der Waals surface area contributed by atoms with Crippen LogP contribution in [0.15, 0.2) is 36.4 Å². The van der Waals surface area contributed by atoms with E-state index in [0.29, 0.717) is 32.8 Å². The third-order valence-corrected chi connectivity index (χ3v) is 2.78. The molecule has 0 aliphatic rings. The smallest absolute Gasteiger partial charge is 0.150 e. The summed E-state index contributed by atoms with van der Waals surface area (Å²) >= 11 is 11.8. The largest absolute Gasteiger partial charge is 0.454 e. The van der Waals surface area contributed by atoms with Gasteiger partial charge in [-0.1, -0.05) is 23.2 Å². The van der Waals surface area contributed by atoms with Gasteiger partial charge in [-0.2, -0.15) is 5.26 Å². The molecule has 0 fully saturated rings. The summed E-state index contributed by atoms with van der Waals surface area (Å²) in [7, 11) is 0. The number of nitrogens with zero attached hydrogens (tertiary/aromatic N) is 1. The van der Waals surface area contributed by atoms with Gasteiger partial charge in [0.2, 0.25) is 0 Å². The Labute approximate surface area is 114 Å². The SMILES string of the molecule is N#Cc1ccc(Oc2ccc(Cl)cc2Cl)c(N)c1. The highest BCUT2D eigenvalue weighted by atomic mass is 35.5. The van der Waals surface area contributed by atoms with Crippen molar-refractivity contribution in [2.75, 3.05) is 5.73 Å². The van der Waals surface area contributed by atoms with Crippen LogP contribution in [-0.4, -0.2) is 0 Å². The van der Waals surface area contributed by atoms with Gasteiger partial charge in [0.15, 0.2) is 0 Å². The van der Waals surface area contributed by atoms with Crippen LogP contribution in [0.25, 0.3) is 0 Å². The third kappa shape index (κ3) is 2.67. The fourth-order valence-electron chi connectivity index (χ4n) is 1.39. The first-order chi connectivity index (χ1) is 8.60. The lowest BCUT2D eigenvalue weighted by Gasteiger charge is -2.10. The van der Waals surface area contributed by atoms with Crippen LogP contribution in [0.1, 0.15) is 5.56 Å². The van der Waals surface area contributed by atoms with Gasteiger partial charge in [-0.3, -0.25) is 0 Å². The van der Waals surface area contributed by atoms with Gasteiger partial charge in [-0.05, 0) is 36.4 Å². The Morgan fingerprint density at radius 2 is 1.78 bits per heavy atom. The van der Waals surface area contributed by atoms with Crippen LogP contribution in [0.5, 0.6) is 11.5 Å². The van der Waals surface area contributed by atoms with Crippen LogP contribution in [-0.2, 0) is 0 Å². The number of halogens is 2. The summed E-state index contributed by atoms with van der Waals surface area (Å²) in [4.78, 5) is 0. The fraction of sp³-hybridized carbons (Fsp3) is 0. The van der Waals surface area contributed by atoms with Gasteiger partial charge in [-0.15, -0.1) is 0 Å². The number of nitriles is 1. The molecule has 0 radical (unpaired) electrons. The van der Waals surface area contributed by atoms with Crippen LogP contribution >= 0.6 is 23.2 Å². The summed E-state index contributed by atoms with van der Waals surface area (Å²) in [5, 5.41) is 9.66. The van der Waals surface area contributed by atoms with Gasteiger partial charge in [0.05, 0.1) is 22.3 Å². The molecule has 2 aromatic rings. The van der Waals surface area contributed by atoms with E-state index in [0.717, 1.165) is 0 Å². The van der Waals surface area contributed by atoms with Gasteiger partial charge in [0.25, 0.3) is 0 Å². The number of rotatable bonds is 2. The Morgan fingerprint density at radius 1 is 1.06 bits per heavy atom. The van der Waals surface area contributed by atoms with Crippen LogP contribution in [0, 0.1) is 11.3 Å². The molecule has 2 N–H and O–H groups in total. The Morgan fingerprint density at radius 3 is 2.39 bits per heavy atom. The zero-order chi connectivity index (χ0) is 13.1. The van der Waals surface area contributed by atoms with Crippen molar-refractivity contribution in [1.29, 1.82) is 5.26 Å². The normalized spacial score (nSPS) is 9.83. The van der Waals surface area contributed by atoms with Gasteiger partial charge >= 0.3 is 0 Å². The van der Waals surface area contributed by atoms with Crippen molar-refractivity contribution in [2.24, 2.45) is 0 Å². The summed E-state index contributed by atoms with van der Waals surface area (Å²) in [5.41, 5.74) is 6.63. The summed E-state index contributed by atoms with van der Waals surface area (Å²) in [5.74, 6) is 0.899. The molecule has 0 heterocycles. The minimum absolute atomic E-state index is 0.375. The van der Waals surface area contributed by atoms with Gasteiger partial charge in [0.1, 0.15) is 11.5 Å². The maximum Gasteiger partial charge on any atom is 0.150 e. The number of ether oxygens (including phenoxy) is 1. The van der Waals surface area contributed by atoms with Crippen molar-refractivity contribution >= 4 is 28.9 Å². The zero-order valence-electron chi connectivity index (χ0n) is 9.15. The van der Waals surface area contributed by atoms with Crippen molar-refractivity contribution in [3.8, 4) is 17.6 Å². The number of nitrogen functional groups attached to an aromatic ring is 1. The highest BCUT2D eigenvalue weighted by Crippen LogP contribution is 2.34. The molecule has 0 saturated heterocycles. The number of nitrogens with two attached hydrogens (primary N) is 1. The van der Waals surface area contributed by atoms with Gasteiger partial charge in [0, 0.05) is 5.02 Å². The number of hydrogen-bond acceptors (Lipinski definition) is 3. The lowest BCUT2D eigenvalue weighted by Crippen LogP contribution is -1.93. The van der Waals surface area contributed by atoms with E-state index in [1.165, 1.54) is 0 Å². The molecule has 18 heavy (non-hydrogen) atoms. The van der Waals surface area contributed by atoms with Crippen LogP contribution < -0.4 is 10.5 Å². The van der Waals surface area contributed by atoms with Crippen LogP contribution in [0.3, 0.4) is 0 Å². The van der Waals surface area contributed by atoms with E-state index in [1.807, 2.05) is 6.07 Å². The Kier molecular flexibility index (Phi) is 3.61. The highest BCUT2D eigenvalue weighted by Gasteiger charge is 2.07. The lowest BCUT2D eigenvalue weighted by atomic mass is 10.2. The Hall–Kier alpha value is -1.89. The second-order valence-corrected chi connectivity index (χ2v) is 4.38. The standard InChI is InChI=1S/C13H8Cl2N2O/c14-9-2-4-12(10(15)6-9)18-13-3-1-8(7-16)5-11(13)17/h1-6H,17H2. The lowest BCUT2D eigenvalue weighted by molar-refractivity contribution is 0.485. The topological polar surface area (TPSA) is 59.0 Å². The molecule has 0 aliphatic carbocycles. The maximum absolute atomic E-state index is 8.74. The molecule has 0 amide bonds. The van der Waals surface area contributed by atoms with Crippen molar-refractivity contribution < 1.29 is 4.74 Å². The minimum Gasteiger partial charge on any atom is -0.454 e. The number of benzene rings is 2. The van der Waals surface area contributed by atoms with E-state index >= 15 is 0 Å². The zero-order valence-corrected chi connectivity index (χ0v) is 10.7. The van der Waals surface area contributed by atoms with Crippen molar-refractivity contribution in [1.82, 2.24) is 0 Å². The summed E-state index contributed by atoms with van der Waals surface area (Å²) in [6, 6.07) is 11.7. The van der Waals surface area contributed by atoms with E-state index in [-0.39, 0.29) is 0 Å². The quantitative estimate of drug-likeness (QED) is 0.836. The molecule has 0 bridgehead atoms. The van der Waals surface area contributed by atoms with Crippen LogP contribution in [0.4, 0.5) is 5.69 Å². The van der Waals surface area contributed by atoms with Crippen molar-refractivity contribution in [2.45, 2.75) is 0 Å². The van der Waals surface area contributed by atoms with E-state index in [9.17, 15) is 0 Å². The molecule has 0 spiro atoms. The van der Waals surface area contributed by atoms with E-state index in [4.69, 9.17) is 38.9 Å². The van der Waals surface area contributed by atoms with E-state index < -0.39 is 0 Å². The first kappa shape index (κ1) is 12.6. The molecule has 0 unspecified atom stereocenters. The molecular formula is C13H8Cl2N2O. The molecule has 90 valence electrons. The van der Waals surface area contributed by atoms with Crippen molar-refractivity contribution in [3.05, 3.63) is 52.0 Å². The second kappa shape index (κ2) is 5.18. The maximum atomic E-state index is 8.74. The predicted molar refractivity (Wildman–Crippen MR) is 72.1 cm³/mol. The Balaban J connectivity index is 2.32. The molecule has 5 heteroatoms. The Bertz CT molecular complexity index is 635. The molecule has 2 aromatic carbocycles. The summed E-state index contributed by atoms with van der Waals surface area (Å²) in [6.45, 7) is 0. The second-order valence-electron chi connectivity index (χ2n) is 3.54. The van der Waals surface area contributed by atoms with Gasteiger partial charge < -0.3 is 10.5 Å². The van der Waals surface area contributed by atoms with Gasteiger partial charge in [-0.25, -0.2) is 0 Å². The summed E-state index contributed by atoms with van der Waals surface area (Å²) in [6.07, 6.45) is 0. The molecule has 0 saturated carbocycles. The third-order valence-electron chi connectivity index (χ3n) is 2.25. The van der Waals surface area contributed by atoms with Crippen LogP contribution in [0.2, 0.25) is 10.0 Å². The van der Waals surface area contributed by atoms with Crippen molar-refractivity contribution in [3.63, 3.8) is 0 Å². The van der Waals surface area contributed by atoms with E-state index in [2.05, 4.69) is 0 Å². The predicted octanol–water partition coefficient (Wildman–Crippen LogP) is 4.24.